The van der Waals surface area contributed by atoms with Crippen molar-refractivity contribution in [3.63, 3.8) is 0 Å². The lowest BCUT2D eigenvalue weighted by atomic mass is 9.91. The SMILES string of the molecule is COc1ccc2c3c(ccc2c1)C(Cc1ccc(C(=O)NCCC(=O)OC(C)(C)C)cc1)n1nc(-c2cc(Cl)cc(Cl)c2)c(C)c1-3. The molecule has 1 atom stereocenters. The van der Waals surface area contributed by atoms with Crippen LogP contribution in [-0.4, -0.2) is 40.9 Å². The number of rotatable bonds is 8. The summed E-state index contributed by atoms with van der Waals surface area (Å²) in [6.07, 6.45) is 0.776. The summed E-state index contributed by atoms with van der Waals surface area (Å²) in [6.45, 7) is 7.75. The van der Waals surface area contributed by atoms with Crippen LogP contribution in [-0.2, 0) is 16.0 Å². The molecule has 1 N–H and O–H groups in total. The van der Waals surface area contributed by atoms with Crippen molar-refractivity contribution in [1.29, 1.82) is 0 Å². The van der Waals surface area contributed by atoms with Gasteiger partial charge in [-0.1, -0.05) is 53.5 Å². The number of aromatic nitrogens is 2. The van der Waals surface area contributed by atoms with Crippen LogP contribution in [0.25, 0.3) is 33.3 Å². The lowest BCUT2D eigenvalue weighted by Crippen LogP contribution is -2.29. The summed E-state index contributed by atoms with van der Waals surface area (Å²) in [5.41, 5.74) is 7.16. The van der Waals surface area contributed by atoms with Crippen molar-refractivity contribution in [1.82, 2.24) is 15.1 Å². The summed E-state index contributed by atoms with van der Waals surface area (Å²) in [7, 11) is 1.67. The summed E-state index contributed by atoms with van der Waals surface area (Å²) in [4.78, 5) is 24.8. The Bertz CT molecular complexity index is 1960. The Balaban J connectivity index is 1.31. The third-order valence-electron chi connectivity index (χ3n) is 8.11. The molecule has 1 aliphatic rings. The minimum Gasteiger partial charge on any atom is -0.497 e. The van der Waals surface area contributed by atoms with Gasteiger partial charge in [-0.2, -0.15) is 5.10 Å². The molecule has 1 aliphatic heterocycles. The molecule has 6 rings (SSSR count). The van der Waals surface area contributed by atoms with Crippen LogP contribution in [0.1, 0.15) is 60.3 Å². The molecule has 0 spiro atoms. The van der Waals surface area contributed by atoms with E-state index in [1.54, 1.807) is 13.2 Å². The smallest absolute Gasteiger partial charge is 0.308 e. The molecule has 1 amide bonds. The molecular weight excluding hydrogens is 621 g/mol. The highest BCUT2D eigenvalue weighted by Gasteiger charge is 2.34. The van der Waals surface area contributed by atoms with Crippen molar-refractivity contribution >= 4 is 45.9 Å². The van der Waals surface area contributed by atoms with E-state index in [9.17, 15) is 9.59 Å². The number of esters is 1. The van der Waals surface area contributed by atoms with E-state index in [1.165, 1.54) is 5.56 Å². The normalized spacial score (nSPS) is 13.8. The van der Waals surface area contributed by atoms with E-state index in [4.69, 9.17) is 37.8 Å². The maximum absolute atomic E-state index is 12.8. The van der Waals surface area contributed by atoms with Gasteiger partial charge in [0.1, 0.15) is 11.4 Å². The molecule has 236 valence electrons. The zero-order chi connectivity index (χ0) is 32.7. The van der Waals surface area contributed by atoms with E-state index < -0.39 is 5.60 Å². The van der Waals surface area contributed by atoms with Crippen molar-refractivity contribution in [3.05, 3.63) is 105 Å². The van der Waals surface area contributed by atoms with Crippen LogP contribution < -0.4 is 10.1 Å². The Kier molecular flexibility index (Phi) is 8.57. The van der Waals surface area contributed by atoms with Gasteiger partial charge in [0, 0.05) is 38.8 Å². The number of nitrogens with one attached hydrogen (secondary N) is 1. The van der Waals surface area contributed by atoms with Gasteiger partial charge in [-0.05, 0) is 98.5 Å². The van der Waals surface area contributed by atoms with E-state index in [1.807, 2.05) is 69.3 Å². The Hall–Kier alpha value is -4.33. The second-order valence-corrected chi connectivity index (χ2v) is 13.4. The quantitative estimate of drug-likeness (QED) is 0.169. The number of halogens is 2. The summed E-state index contributed by atoms with van der Waals surface area (Å²) in [5, 5.41) is 11.3. The number of nitrogens with zero attached hydrogens (tertiary/aromatic N) is 2. The lowest BCUT2D eigenvalue weighted by molar-refractivity contribution is -0.154. The fourth-order valence-electron chi connectivity index (χ4n) is 6.12. The molecule has 0 saturated carbocycles. The van der Waals surface area contributed by atoms with Crippen LogP contribution >= 0.6 is 23.2 Å². The van der Waals surface area contributed by atoms with E-state index in [2.05, 4.69) is 35.1 Å². The van der Waals surface area contributed by atoms with Crippen molar-refractivity contribution < 1.29 is 19.1 Å². The maximum atomic E-state index is 12.8. The first kappa shape index (κ1) is 31.6. The number of methoxy groups -OCH3 is 1. The molecule has 2 heterocycles. The number of ether oxygens (including phenoxy) is 2. The molecule has 0 radical (unpaired) electrons. The molecule has 7 nitrogen and oxygen atoms in total. The molecule has 9 heteroatoms. The van der Waals surface area contributed by atoms with Crippen LogP contribution in [0, 0.1) is 6.92 Å². The second kappa shape index (κ2) is 12.5. The molecule has 46 heavy (non-hydrogen) atoms. The van der Waals surface area contributed by atoms with Gasteiger partial charge in [0.15, 0.2) is 0 Å². The molecular formula is C37H35Cl2N3O4. The number of hydrogen-bond donors (Lipinski definition) is 1. The number of hydrogen-bond acceptors (Lipinski definition) is 5. The van der Waals surface area contributed by atoms with Crippen LogP contribution in [0.5, 0.6) is 5.75 Å². The van der Waals surface area contributed by atoms with Crippen LogP contribution in [0.3, 0.4) is 0 Å². The lowest BCUT2D eigenvalue weighted by Gasteiger charge is -2.19. The van der Waals surface area contributed by atoms with Crippen LogP contribution in [0.15, 0.2) is 72.8 Å². The molecule has 0 aliphatic carbocycles. The van der Waals surface area contributed by atoms with E-state index >= 15 is 0 Å². The first-order valence-electron chi connectivity index (χ1n) is 15.2. The highest BCUT2D eigenvalue weighted by atomic mass is 35.5. The summed E-state index contributed by atoms with van der Waals surface area (Å²) in [6, 6.07) is 23.5. The average Bonchev–Trinajstić information content (AvgIpc) is 3.50. The Morgan fingerprint density at radius 3 is 2.35 bits per heavy atom. The predicted octanol–water partition coefficient (Wildman–Crippen LogP) is 8.60. The molecule has 0 saturated heterocycles. The molecule has 0 bridgehead atoms. The van der Waals surface area contributed by atoms with Gasteiger partial charge in [0.2, 0.25) is 0 Å². The first-order chi connectivity index (χ1) is 21.9. The fourth-order valence-corrected chi connectivity index (χ4v) is 6.65. The predicted molar refractivity (Wildman–Crippen MR) is 183 cm³/mol. The second-order valence-electron chi connectivity index (χ2n) is 12.6. The van der Waals surface area contributed by atoms with Crippen molar-refractivity contribution in [2.24, 2.45) is 0 Å². The fraction of sp³-hybridized carbons (Fsp3) is 0.270. The Morgan fingerprint density at radius 1 is 0.957 bits per heavy atom. The van der Waals surface area contributed by atoms with Crippen molar-refractivity contribution in [3.8, 4) is 28.3 Å². The average molecular weight is 657 g/mol. The Labute approximate surface area is 278 Å². The maximum Gasteiger partial charge on any atom is 0.308 e. The third-order valence-corrected chi connectivity index (χ3v) is 8.55. The van der Waals surface area contributed by atoms with Crippen LogP contribution in [0.4, 0.5) is 0 Å². The largest absolute Gasteiger partial charge is 0.497 e. The number of carbonyl (C=O) groups excluding carboxylic acids is 2. The molecule has 1 aromatic heterocycles. The minimum absolute atomic E-state index is 0.0767. The summed E-state index contributed by atoms with van der Waals surface area (Å²) < 4.78 is 12.9. The highest BCUT2D eigenvalue weighted by Crippen LogP contribution is 2.48. The number of carbonyl (C=O) groups is 2. The van der Waals surface area contributed by atoms with Gasteiger partial charge in [-0.3, -0.25) is 14.3 Å². The zero-order valence-electron chi connectivity index (χ0n) is 26.4. The molecule has 5 aromatic rings. The van der Waals surface area contributed by atoms with Gasteiger partial charge >= 0.3 is 5.97 Å². The van der Waals surface area contributed by atoms with E-state index in [-0.39, 0.29) is 30.9 Å². The minimum atomic E-state index is -0.558. The summed E-state index contributed by atoms with van der Waals surface area (Å²) in [5.74, 6) is 0.218. The van der Waals surface area contributed by atoms with Gasteiger partial charge in [0.25, 0.3) is 5.91 Å². The van der Waals surface area contributed by atoms with Gasteiger partial charge < -0.3 is 14.8 Å². The number of benzene rings is 4. The zero-order valence-corrected chi connectivity index (χ0v) is 27.9. The van der Waals surface area contributed by atoms with Crippen molar-refractivity contribution in [2.45, 2.75) is 52.2 Å². The van der Waals surface area contributed by atoms with E-state index in [0.717, 1.165) is 50.2 Å². The van der Waals surface area contributed by atoms with Gasteiger partial charge in [0.05, 0.1) is 31.0 Å². The third kappa shape index (κ3) is 6.35. The van der Waals surface area contributed by atoms with Crippen LogP contribution in [0.2, 0.25) is 10.0 Å². The number of amides is 1. The van der Waals surface area contributed by atoms with E-state index in [0.29, 0.717) is 22.0 Å². The van der Waals surface area contributed by atoms with Gasteiger partial charge in [-0.25, -0.2) is 0 Å². The standard InChI is InChI=1S/C37H35Cl2N3O4/c1-21-34(25-17-26(38)20-27(39)18-25)41-42-31(30-12-10-24-19-28(45-5)11-13-29(24)33(30)35(21)42)16-22-6-8-23(9-7-22)36(44)40-15-14-32(43)46-37(2,3)4/h6-13,17-20,31H,14-16H2,1-5H3,(H,40,44). The molecule has 0 fully saturated rings. The number of fused-ring (bicyclic) bond motifs is 5. The van der Waals surface area contributed by atoms with Crippen molar-refractivity contribution in [2.75, 3.05) is 13.7 Å². The monoisotopic (exact) mass is 655 g/mol. The topological polar surface area (TPSA) is 82.5 Å². The molecule has 1 unspecified atom stereocenters. The van der Waals surface area contributed by atoms with Gasteiger partial charge in [-0.15, -0.1) is 0 Å². The molecule has 4 aromatic carbocycles. The summed E-state index contributed by atoms with van der Waals surface area (Å²) >= 11 is 12.8. The Morgan fingerprint density at radius 2 is 1.67 bits per heavy atom. The first-order valence-corrected chi connectivity index (χ1v) is 15.9. The highest BCUT2D eigenvalue weighted by molar-refractivity contribution is 6.35.